The first-order chi connectivity index (χ1) is 8.60. The smallest absolute Gasteiger partial charge is 0.0754 e. The highest BCUT2D eigenvalue weighted by Gasteiger charge is 2.25. The lowest BCUT2D eigenvalue weighted by Crippen LogP contribution is -2.45. The molecule has 1 heterocycles. The monoisotopic (exact) mass is 333 g/mol. The lowest BCUT2D eigenvalue weighted by atomic mass is 9.96. The van der Waals surface area contributed by atoms with E-state index in [1.54, 1.807) is 0 Å². The van der Waals surface area contributed by atoms with Gasteiger partial charge in [-0.3, -0.25) is 0 Å². The molecule has 2 unspecified atom stereocenters. The molecule has 1 aromatic rings. The summed E-state index contributed by atoms with van der Waals surface area (Å²) in [5.41, 5.74) is 0. The van der Waals surface area contributed by atoms with Gasteiger partial charge < -0.3 is 10.1 Å². The minimum absolute atomic E-state index is 0.268. The van der Waals surface area contributed by atoms with Crippen LogP contribution in [-0.2, 0) is 11.2 Å². The molecule has 0 aromatic carbocycles. The molecule has 0 aliphatic heterocycles. The molecule has 0 radical (unpaired) electrons. The fourth-order valence-electron chi connectivity index (χ4n) is 2.20. The molecule has 0 spiro atoms. The second-order valence-corrected chi connectivity index (χ2v) is 6.58. The number of thiophene rings is 1. The van der Waals surface area contributed by atoms with Crippen molar-refractivity contribution in [2.75, 3.05) is 13.2 Å². The van der Waals surface area contributed by atoms with Crippen LogP contribution >= 0.6 is 27.3 Å². The Hall–Kier alpha value is 0.1000. The highest BCUT2D eigenvalue weighted by Crippen LogP contribution is 2.26. The standard InChI is InChI=1S/C14H24BrNOS/c1-5-16-12(14(10(3)4)17-6-2)9-13-11(15)7-8-18-13/h7-8,10,12,14,16H,5-6,9H2,1-4H3. The van der Waals surface area contributed by atoms with Gasteiger partial charge in [0.25, 0.3) is 0 Å². The molecular weight excluding hydrogens is 310 g/mol. The van der Waals surface area contributed by atoms with Crippen LogP contribution in [0.15, 0.2) is 15.9 Å². The number of rotatable bonds is 8. The van der Waals surface area contributed by atoms with Crippen molar-refractivity contribution in [3.63, 3.8) is 0 Å². The van der Waals surface area contributed by atoms with Gasteiger partial charge in [-0.1, -0.05) is 20.8 Å². The quantitative estimate of drug-likeness (QED) is 0.773. The van der Waals surface area contributed by atoms with E-state index in [9.17, 15) is 0 Å². The molecule has 104 valence electrons. The summed E-state index contributed by atoms with van der Waals surface area (Å²) in [5.74, 6) is 0.521. The summed E-state index contributed by atoms with van der Waals surface area (Å²) in [4.78, 5) is 1.39. The van der Waals surface area contributed by atoms with Gasteiger partial charge in [0, 0.05) is 28.4 Å². The second kappa shape index (κ2) is 8.31. The summed E-state index contributed by atoms with van der Waals surface area (Å²) in [6.45, 7) is 10.4. The molecule has 0 aliphatic rings. The second-order valence-electron chi connectivity index (χ2n) is 4.72. The third kappa shape index (κ3) is 4.65. The van der Waals surface area contributed by atoms with E-state index in [0.717, 1.165) is 19.6 Å². The van der Waals surface area contributed by atoms with Gasteiger partial charge in [0.1, 0.15) is 0 Å². The van der Waals surface area contributed by atoms with E-state index in [2.05, 4.69) is 60.4 Å². The van der Waals surface area contributed by atoms with Gasteiger partial charge in [-0.05, 0) is 46.8 Å². The molecule has 1 N–H and O–H groups in total. The molecule has 0 saturated heterocycles. The third-order valence-electron chi connectivity index (χ3n) is 2.98. The Balaban J connectivity index is 2.76. The fraction of sp³-hybridized carbons (Fsp3) is 0.714. The van der Waals surface area contributed by atoms with Crippen molar-refractivity contribution in [2.24, 2.45) is 5.92 Å². The summed E-state index contributed by atoms with van der Waals surface area (Å²) in [7, 11) is 0. The zero-order valence-electron chi connectivity index (χ0n) is 11.7. The Labute approximate surface area is 123 Å². The lowest BCUT2D eigenvalue weighted by Gasteiger charge is -2.30. The third-order valence-corrected chi connectivity index (χ3v) is 4.92. The number of nitrogens with one attached hydrogen (secondary N) is 1. The molecule has 2 atom stereocenters. The van der Waals surface area contributed by atoms with E-state index in [0.29, 0.717) is 12.0 Å². The van der Waals surface area contributed by atoms with Crippen molar-refractivity contribution in [1.82, 2.24) is 5.32 Å². The SMILES string of the molecule is CCNC(Cc1sccc1Br)C(OCC)C(C)C. The molecule has 2 nitrogen and oxygen atoms in total. The van der Waals surface area contributed by atoms with E-state index in [4.69, 9.17) is 4.74 Å². The normalized spacial score (nSPS) is 15.0. The van der Waals surface area contributed by atoms with Gasteiger partial charge in [0.2, 0.25) is 0 Å². The first-order valence-electron chi connectivity index (χ1n) is 6.66. The lowest BCUT2D eigenvalue weighted by molar-refractivity contribution is 0.00410. The van der Waals surface area contributed by atoms with E-state index in [1.807, 2.05) is 11.3 Å². The van der Waals surface area contributed by atoms with E-state index >= 15 is 0 Å². The minimum Gasteiger partial charge on any atom is -0.377 e. The zero-order chi connectivity index (χ0) is 13.5. The van der Waals surface area contributed by atoms with Crippen molar-refractivity contribution >= 4 is 27.3 Å². The summed E-state index contributed by atoms with van der Waals surface area (Å²) in [6, 6.07) is 2.50. The predicted molar refractivity (Wildman–Crippen MR) is 83.4 cm³/mol. The number of likely N-dealkylation sites (N-methyl/N-ethyl adjacent to an activating group) is 1. The van der Waals surface area contributed by atoms with Gasteiger partial charge >= 0.3 is 0 Å². The Kier molecular flexibility index (Phi) is 7.46. The van der Waals surface area contributed by atoms with Crippen LogP contribution in [0.1, 0.15) is 32.6 Å². The summed E-state index contributed by atoms with van der Waals surface area (Å²) < 4.78 is 7.15. The van der Waals surface area contributed by atoms with Crippen LogP contribution in [0.2, 0.25) is 0 Å². The number of halogens is 1. The molecule has 0 aliphatic carbocycles. The maximum Gasteiger partial charge on any atom is 0.0754 e. The van der Waals surface area contributed by atoms with Crippen LogP contribution in [-0.4, -0.2) is 25.3 Å². The minimum atomic E-state index is 0.268. The first kappa shape index (κ1) is 16.2. The van der Waals surface area contributed by atoms with E-state index in [1.165, 1.54) is 9.35 Å². The van der Waals surface area contributed by atoms with Gasteiger partial charge in [-0.2, -0.15) is 0 Å². The van der Waals surface area contributed by atoms with Gasteiger partial charge in [-0.25, -0.2) is 0 Å². The average molecular weight is 334 g/mol. The van der Waals surface area contributed by atoms with Gasteiger partial charge in [0.05, 0.1) is 6.10 Å². The van der Waals surface area contributed by atoms with Crippen molar-refractivity contribution in [1.29, 1.82) is 0 Å². The first-order valence-corrected chi connectivity index (χ1v) is 8.34. The summed E-state index contributed by atoms with van der Waals surface area (Å²) in [6.07, 6.45) is 1.29. The molecule has 0 fully saturated rings. The number of hydrogen-bond acceptors (Lipinski definition) is 3. The van der Waals surface area contributed by atoms with E-state index < -0.39 is 0 Å². The average Bonchev–Trinajstić information content (AvgIpc) is 2.71. The number of hydrogen-bond donors (Lipinski definition) is 1. The Bertz CT molecular complexity index is 340. The highest BCUT2D eigenvalue weighted by atomic mass is 79.9. The van der Waals surface area contributed by atoms with Crippen molar-refractivity contribution in [3.8, 4) is 0 Å². The van der Waals surface area contributed by atoms with Crippen LogP contribution < -0.4 is 5.32 Å². The molecule has 1 rings (SSSR count). The predicted octanol–water partition coefficient (Wildman–Crippen LogP) is 4.09. The van der Waals surface area contributed by atoms with Crippen molar-refractivity contribution in [2.45, 2.75) is 46.3 Å². The summed E-state index contributed by atoms with van der Waals surface area (Å²) in [5, 5.41) is 5.71. The summed E-state index contributed by atoms with van der Waals surface area (Å²) >= 11 is 5.42. The van der Waals surface area contributed by atoms with Crippen LogP contribution in [0, 0.1) is 5.92 Å². The Morgan fingerprint density at radius 2 is 2.11 bits per heavy atom. The Morgan fingerprint density at radius 1 is 1.39 bits per heavy atom. The maximum atomic E-state index is 5.93. The van der Waals surface area contributed by atoms with Crippen LogP contribution in [0.25, 0.3) is 0 Å². The zero-order valence-corrected chi connectivity index (χ0v) is 14.1. The topological polar surface area (TPSA) is 21.3 Å². The fourth-order valence-corrected chi connectivity index (χ4v) is 3.78. The van der Waals surface area contributed by atoms with Gasteiger partial charge in [0.15, 0.2) is 0 Å². The van der Waals surface area contributed by atoms with Crippen molar-refractivity contribution < 1.29 is 4.74 Å². The van der Waals surface area contributed by atoms with Crippen LogP contribution in [0.4, 0.5) is 0 Å². The van der Waals surface area contributed by atoms with Crippen LogP contribution in [0.3, 0.4) is 0 Å². The highest BCUT2D eigenvalue weighted by molar-refractivity contribution is 9.10. The largest absolute Gasteiger partial charge is 0.377 e. The van der Waals surface area contributed by atoms with Crippen LogP contribution in [0.5, 0.6) is 0 Å². The Morgan fingerprint density at radius 3 is 2.56 bits per heavy atom. The molecule has 1 aromatic heterocycles. The molecular formula is C14H24BrNOS. The maximum absolute atomic E-state index is 5.93. The van der Waals surface area contributed by atoms with Crippen molar-refractivity contribution in [3.05, 3.63) is 20.8 Å². The molecule has 0 saturated carbocycles. The van der Waals surface area contributed by atoms with E-state index in [-0.39, 0.29) is 6.10 Å². The number of ether oxygens (including phenoxy) is 1. The molecule has 0 bridgehead atoms. The molecule has 18 heavy (non-hydrogen) atoms. The van der Waals surface area contributed by atoms with Gasteiger partial charge in [-0.15, -0.1) is 11.3 Å². The molecule has 0 amide bonds. The molecule has 4 heteroatoms.